The number of hydrogen-bond donors (Lipinski definition) is 0. The number of piperidine rings is 1. The average molecular weight is 395 g/mol. The van der Waals surface area contributed by atoms with Gasteiger partial charge in [-0.05, 0) is 18.9 Å². The highest BCUT2D eigenvalue weighted by Crippen LogP contribution is 2.35. The molecule has 0 spiro atoms. The molecule has 3 aromatic rings. The standard InChI is InChI=1S/C19H17N5O3S/c25-19(15-11-20-7-8-21-15)23-9-5-13(6-10-23)18-22-16(12-28-18)14-3-1-2-4-17(14)24(26)27/h1-4,7-8,11-13H,5-6,9-10H2. The summed E-state index contributed by atoms with van der Waals surface area (Å²) < 4.78 is 0. The van der Waals surface area contributed by atoms with Crippen LogP contribution in [-0.4, -0.2) is 43.8 Å². The number of hydrogen-bond acceptors (Lipinski definition) is 7. The van der Waals surface area contributed by atoms with E-state index in [1.165, 1.54) is 29.8 Å². The van der Waals surface area contributed by atoms with Crippen molar-refractivity contribution in [2.45, 2.75) is 18.8 Å². The van der Waals surface area contributed by atoms with Gasteiger partial charge >= 0.3 is 0 Å². The molecule has 1 aromatic carbocycles. The summed E-state index contributed by atoms with van der Waals surface area (Å²) in [5, 5.41) is 14.1. The van der Waals surface area contributed by atoms with Gasteiger partial charge in [0.15, 0.2) is 0 Å². The zero-order chi connectivity index (χ0) is 19.5. The largest absolute Gasteiger partial charge is 0.337 e. The van der Waals surface area contributed by atoms with E-state index in [1.807, 2.05) is 5.38 Å². The molecule has 4 rings (SSSR count). The third-order valence-corrected chi connectivity index (χ3v) is 5.82. The number of carbonyl (C=O) groups excluding carboxylic acids is 1. The summed E-state index contributed by atoms with van der Waals surface area (Å²) in [5.74, 6) is 0.138. The van der Waals surface area contributed by atoms with Gasteiger partial charge in [0.25, 0.3) is 11.6 Å². The Hall–Kier alpha value is -3.20. The lowest BCUT2D eigenvalue weighted by Crippen LogP contribution is -2.38. The summed E-state index contributed by atoms with van der Waals surface area (Å²) in [4.78, 5) is 37.8. The van der Waals surface area contributed by atoms with E-state index in [-0.39, 0.29) is 22.4 Å². The Balaban J connectivity index is 1.45. The lowest BCUT2D eigenvalue weighted by atomic mass is 9.97. The monoisotopic (exact) mass is 395 g/mol. The van der Waals surface area contributed by atoms with Crippen molar-refractivity contribution in [3.8, 4) is 11.3 Å². The van der Waals surface area contributed by atoms with Gasteiger partial charge in [0, 0.05) is 42.8 Å². The van der Waals surface area contributed by atoms with Crippen LogP contribution in [0.5, 0.6) is 0 Å². The van der Waals surface area contributed by atoms with Gasteiger partial charge in [0.1, 0.15) is 5.69 Å². The Bertz CT molecular complexity index is 1000. The first kappa shape index (κ1) is 18.2. The van der Waals surface area contributed by atoms with Gasteiger partial charge in [0.05, 0.1) is 27.4 Å². The molecule has 0 atom stereocenters. The van der Waals surface area contributed by atoms with E-state index < -0.39 is 0 Å². The molecule has 1 amide bonds. The fourth-order valence-electron chi connectivity index (χ4n) is 3.35. The molecule has 28 heavy (non-hydrogen) atoms. The van der Waals surface area contributed by atoms with Gasteiger partial charge in [-0.2, -0.15) is 0 Å². The van der Waals surface area contributed by atoms with Crippen molar-refractivity contribution < 1.29 is 9.72 Å². The van der Waals surface area contributed by atoms with Gasteiger partial charge < -0.3 is 4.90 Å². The number of thiazole rings is 1. The fourth-order valence-corrected chi connectivity index (χ4v) is 4.34. The highest BCUT2D eigenvalue weighted by molar-refractivity contribution is 7.10. The van der Waals surface area contributed by atoms with E-state index in [0.717, 1.165) is 17.8 Å². The molecule has 1 aliphatic heterocycles. The lowest BCUT2D eigenvalue weighted by Gasteiger charge is -2.30. The molecule has 3 heterocycles. The van der Waals surface area contributed by atoms with Crippen LogP contribution < -0.4 is 0 Å². The van der Waals surface area contributed by atoms with Gasteiger partial charge in [-0.25, -0.2) is 9.97 Å². The zero-order valence-electron chi connectivity index (χ0n) is 14.9. The number of carbonyl (C=O) groups is 1. The highest BCUT2D eigenvalue weighted by Gasteiger charge is 2.27. The molecule has 8 nitrogen and oxygen atoms in total. The molecule has 1 aliphatic rings. The Kier molecular flexibility index (Phi) is 5.07. The average Bonchev–Trinajstić information content (AvgIpc) is 3.24. The predicted molar refractivity (Wildman–Crippen MR) is 104 cm³/mol. The number of nitro groups is 1. The first-order chi connectivity index (χ1) is 13.6. The first-order valence-electron chi connectivity index (χ1n) is 8.88. The molecule has 1 fully saturated rings. The van der Waals surface area contributed by atoms with Crippen molar-refractivity contribution in [1.82, 2.24) is 19.9 Å². The zero-order valence-corrected chi connectivity index (χ0v) is 15.7. The number of nitrogens with zero attached hydrogens (tertiary/aromatic N) is 5. The quantitative estimate of drug-likeness (QED) is 0.495. The summed E-state index contributed by atoms with van der Waals surface area (Å²) >= 11 is 1.52. The maximum atomic E-state index is 12.5. The second-order valence-corrected chi connectivity index (χ2v) is 7.39. The minimum Gasteiger partial charge on any atom is -0.337 e. The van der Waals surface area contributed by atoms with E-state index >= 15 is 0 Å². The van der Waals surface area contributed by atoms with Crippen molar-refractivity contribution in [2.75, 3.05) is 13.1 Å². The Morgan fingerprint density at radius 3 is 2.71 bits per heavy atom. The van der Waals surface area contributed by atoms with E-state index in [1.54, 1.807) is 29.3 Å². The fraction of sp³-hybridized carbons (Fsp3) is 0.263. The first-order valence-corrected chi connectivity index (χ1v) is 9.76. The third kappa shape index (κ3) is 3.61. The van der Waals surface area contributed by atoms with Crippen LogP contribution >= 0.6 is 11.3 Å². The number of aromatic nitrogens is 3. The van der Waals surface area contributed by atoms with Crippen LogP contribution in [0, 0.1) is 10.1 Å². The van der Waals surface area contributed by atoms with Crippen molar-refractivity contribution in [3.05, 3.63) is 69.1 Å². The number of likely N-dealkylation sites (tertiary alicyclic amines) is 1. The Morgan fingerprint density at radius 2 is 2.00 bits per heavy atom. The van der Waals surface area contributed by atoms with E-state index in [9.17, 15) is 14.9 Å². The normalized spacial score (nSPS) is 14.8. The van der Waals surface area contributed by atoms with Gasteiger partial charge in [-0.15, -0.1) is 11.3 Å². The van der Waals surface area contributed by atoms with Crippen LogP contribution in [0.2, 0.25) is 0 Å². The molecule has 0 N–H and O–H groups in total. The molecular weight excluding hydrogens is 378 g/mol. The Morgan fingerprint density at radius 1 is 1.21 bits per heavy atom. The van der Waals surface area contributed by atoms with Crippen molar-refractivity contribution >= 4 is 22.9 Å². The summed E-state index contributed by atoms with van der Waals surface area (Å²) in [7, 11) is 0. The van der Waals surface area contributed by atoms with Crippen molar-refractivity contribution in [1.29, 1.82) is 0 Å². The van der Waals surface area contributed by atoms with Crippen LogP contribution in [0.1, 0.15) is 34.3 Å². The number of benzene rings is 1. The van der Waals surface area contributed by atoms with Crippen LogP contribution in [0.15, 0.2) is 48.2 Å². The summed E-state index contributed by atoms with van der Waals surface area (Å²) in [6.07, 6.45) is 6.14. The predicted octanol–water partition coefficient (Wildman–Crippen LogP) is 3.53. The summed E-state index contributed by atoms with van der Waals surface area (Å²) in [5.41, 5.74) is 1.58. The van der Waals surface area contributed by atoms with E-state index in [0.29, 0.717) is 30.0 Å². The minimum atomic E-state index is -0.384. The second-order valence-electron chi connectivity index (χ2n) is 6.50. The number of para-hydroxylation sites is 1. The topological polar surface area (TPSA) is 102 Å². The van der Waals surface area contributed by atoms with Crippen LogP contribution in [0.4, 0.5) is 5.69 Å². The van der Waals surface area contributed by atoms with Gasteiger partial charge in [-0.3, -0.25) is 19.9 Å². The van der Waals surface area contributed by atoms with Crippen molar-refractivity contribution in [3.63, 3.8) is 0 Å². The van der Waals surface area contributed by atoms with Crippen molar-refractivity contribution in [2.24, 2.45) is 0 Å². The second kappa shape index (κ2) is 7.81. The van der Waals surface area contributed by atoms with Crippen LogP contribution in [0.3, 0.4) is 0 Å². The highest BCUT2D eigenvalue weighted by atomic mass is 32.1. The molecule has 0 saturated carbocycles. The summed E-state index contributed by atoms with van der Waals surface area (Å²) in [6.45, 7) is 1.25. The van der Waals surface area contributed by atoms with Gasteiger partial charge in [-0.1, -0.05) is 12.1 Å². The molecule has 0 unspecified atom stereocenters. The van der Waals surface area contributed by atoms with Crippen LogP contribution in [0.25, 0.3) is 11.3 Å². The minimum absolute atomic E-state index is 0.0590. The molecule has 142 valence electrons. The third-order valence-electron chi connectivity index (χ3n) is 4.81. The molecular formula is C19H17N5O3S. The van der Waals surface area contributed by atoms with Crippen LogP contribution in [-0.2, 0) is 0 Å². The number of rotatable bonds is 4. The maximum absolute atomic E-state index is 12.5. The lowest BCUT2D eigenvalue weighted by molar-refractivity contribution is -0.384. The SMILES string of the molecule is O=C(c1cnccn1)N1CCC(c2nc(-c3ccccc3[N+](=O)[O-])cs2)CC1. The number of nitro benzene ring substituents is 1. The van der Waals surface area contributed by atoms with E-state index in [4.69, 9.17) is 0 Å². The summed E-state index contributed by atoms with van der Waals surface area (Å²) in [6, 6.07) is 6.64. The number of amides is 1. The Labute approximate surface area is 165 Å². The molecule has 0 bridgehead atoms. The molecule has 9 heteroatoms. The van der Waals surface area contributed by atoms with E-state index in [2.05, 4.69) is 15.0 Å². The maximum Gasteiger partial charge on any atom is 0.278 e. The van der Waals surface area contributed by atoms with Gasteiger partial charge in [0.2, 0.25) is 0 Å². The smallest absolute Gasteiger partial charge is 0.278 e. The molecule has 1 saturated heterocycles. The molecule has 0 aliphatic carbocycles. The molecule has 2 aromatic heterocycles. The molecule has 0 radical (unpaired) electrons.